The van der Waals surface area contributed by atoms with Crippen LogP contribution in [0.3, 0.4) is 0 Å². The van der Waals surface area contributed by atoms with Gasteiger partial charge in [-0.1, -0.05) is 24.3 Å². The van der Waals surface area contributed by atoms with Gasteiger partial charge in [-0.25, -0.2) is 0 Å². The molecule has 6 heteroatoms. The zero-order valence-corrected chi connectivity index (χ0v) is 17.1. The van der Waals surface area contributed by atoms with Crippen LogP contribution in [0.25, 0.3) is 0 Å². The molecule has 28 heavy (non-hydrogen) atoms. The van der Waals surface area contributed by atoms with E-state index in [9.17, 15) is 9.59 Å². The molecule has 0 bridgehead atoms. The summed E-state index contributed by atoms with van der Waals surface area (Å²) in [6, 6.07) is 12.5. The van der Waals surface area contributed by atoms with E-state index in [1.165, 1.54) is 4.90 Å². The van der Waals surface area contributed by atoms with Crippen LogP contribution in [0.1, 0.15) is 23.6 Å². The van der Waals surface area contributed by atoms with Gasteiger partial charge in [-0.15, -0.1) is 0 Å². The van der Waals surface area contributed by atoms with E-state index < -0.39 is 6.04 Å². The maximum Gasteiger partial charge on any atom is 0.261 e. The Hall–Kier alpha value is -3.02. The summed E-state index contributed by atoms with van der Waals surface area (Å²) in [4.78, 5) is 26.6. The molecule has 0 aliphatic heterocycles. The number of likely N-dealkylation sites (N-methyl/N-ethyl adjacent to an activating group) is 1. The minimum absolute atomic E-state index is 0.143. The maximum absolute atomic E-state index is 12.9. The molecule has 6 nitrogen and oxygen atoms in total. The molecule has 2 amide bonds. The van der Waals surface area contributed by atoms with Crippen molar-refractivity contribution in [2.75, 3.05) is 20.8 Å². The van der Waals surface area contributed by atoms with Gasteiger partial charge in [0.1, 0.15) is 17.5 Å². The van der Waals surface area contributed by atoms with Crippen molar-refractivity contribution in [3.05, 3.63) is 59.2 Å². The molecule has 2 aromatic rings. The third-order valence-corrected chi connectivity index (χ3v) is 4.81. The van der Waals surface area contributed by atoms with Crippen molar-refractivity contribution < 1.29 is 19.1 Å². The number of hydrogen-bond acceptors (Lipinski definition) is 4. The first-order chi connectivity index (χ1) is 13.4. The molecule has 2 aromatic carbocycles. The Kier molecular flexibility index (Phi) is 7.44. The summed E-state index contributed by atoms with van der Waals surface area (Å²) < 4.78 is 11.0. The number of aryl methyl sites for hydroxylation is 1. The van der Waals surface area contributed by atoms with Crippen molar-refractivity contribution in [3.8, 4) is 11.5 Å². The number of rotatable bonds is 8. The van der Waals surface area contributed by atoms with Gasteiger partial charge in [0.15, 0.2) is 6.61 Å². The first-order valence-corrected chi connectivity index (χ1v) is 9.20. The van der Waals surface area contributed by atoms with Gasteiger partial charge in [0.25, 0.3) is 5.91 Å². The van der Waals surface area contributed by atoms with E-state index in [1.54, 1.807) is 21.1 Å². The number of hydrogen-bond donors (Lipinski definition) is 1. The molecule has 0 saturated carbocycles. The highest BCUT2D eigenvalue weighted by molar-refractivity contribution is 5.87. The summed E-state index contributed by atoms with van der Waals surface area (Å²) in [5.74, 6) is 0.870. The Bertz CT molecular complexity index is 835. The average Bonchev–Trinajstić information content (AvgIpc) is 2.71. The van der Waals surface area contributed by atoms with Crippen LogP contribution < -0.4 is 14.8 Å². The van der Waals surface area contributed by atoms with Crippen molar-refractivity contribution in [1.29, 1.82) is 0 Å². The summed E-state index contributed by atoms with van der Waals surface area (Å²) in [5, 5.41) is 2.60. The summed E-state index contributed by atoms with van der Waals surface area (Å²) >= 11 is 0. The molecule has 0 radical (unpaired) electrons. The molecule has 0 spiro atoms. The molecule has 0 saturated heterocycles. The van der Waals surface area contributed by atoms with Gasteiger partial charge in [-0.05, 0) is 55.7 Å². The normalized spacial score (nSPS) is 11.5. The van der Waals surface area contributed by atoms with E-state index in [1.807, 2.05) is 56.3 Å². The quantitative estimate of drug-likeness (QED) is 0.760. The van der Waals surface area contributed by atoms with Crippen LogP contribution in [0, 0.1) is 13.8 Å². The molecule has 0 aliphatic rings. The number of benzene rings is 2. The van der Waals surface area contributed by atoms with Crippen LogP contribution >= 0.6 is 0 Å². The molecule has 1 N–H and O–H groups in total. The fourth-order valence-electron chi connectivity index (χ4n) is 2.86. The zero-order chi connectivity index (χ0) is 20.7. The third-order valence-electron chi connectivity index (χ3n) is 4.81. The lowest BCUT2D eigenvalue weighted by Gasteiger charge is -2.28. The minimum Gasteiger partial charge on any atom is -0.497 e. The summed E-state index contributed by atoms with van der Waals surface area (Å²) in [6.07, 6.45) is 0. The van der Waals surface area contributed by atoms with Crippen LogP contribution in [-0.2, 0) is 16.1 Å². The predicted molar refractivity (Wildman–Crippen MR) is 108 cm³/mol. The van der Waals surface area contributed by atoms with Gasteiger partial charge < -0.3 is 19.7 Å². The largest absolute Gasteiger partial charge is 0.497 e. The Morgan fingerprint density at radius 2 is 1.86 bits per heavy atom. The van der Waals surface area contributed by atoms with Gasteiger partial charge in [0.05, 0.1) is 7.11 Å². The van der Waals surface area contributed by atoms with Crippen LogP contribution in [0.2, 0.25) is 0 Å². The fourth-order valence-corrected chi connectivity index (χ4v) is 2.86. The van der Waals surface area contributed by atoms with E-state index in [0.29, 0.717) is 11.5 Å². The Morgan fingerprint density at radius 1 is 1.14 bits per heavy atom. The molecular formula is C22H28N2O4. The Balaban J connectivity index is 2.18. The minimum atomic E-state index is -0.633. The average molecular weight is 384 g/mol. The number of amides is 2. The lowest BCUT2D eigenvalue weighted by atomic mass is 10.1. The van der Waals surface area contributed by atoms with Crippen LogP contribution in [0.15, 0.2) is 42.5 Å². The summed E-state index contributed by atoms with van der Waals surface area (Å²) in [6.45, 7) is 5.79. The SMILES string of the molecule is CNC(=O)[C@H](C)N(Cc1cccc(OC)c1)C(=O)COc1cccc(C)c1C. The molecule has 0 fully saturated rings. The van der Waals surface area contributed by atoms with Crippen molar-refractivity contribution in [2.24, 2.45) is 0 Å². The second-order valence-corrected chi connectivity index (χ2v) is 6.65. The topological polar surface area (TPSA) is 67.9 Å². The monoisotopic (exact) mass is 384 g/mol. The van der Waals surface area contributed by atoms with Gasteiger partial charge in [-0.3, -0.25) is 9.59 Å². The molecule has 0 aliphatic carbocycles. The molecule has 0 unspecified atom stereocenters. The molecular weight excluding hydrogens is 356 g/mol. The molecule has 150 valence electrons. The van der Waals surface area contributed by atoms with Crippen LogP contribution in [0.4, 0.5) is 0 Å². The van der Waals surface area contributed by atoms with Crippen LogP contribution in [0.5, 0.6) is 11.5 Å². The first kappa shape index (κ1) is 21.3. The van der Waals surface area contributed by atoms with Crippen molar-refractivity contribution in [1.82, 2.24) is 10.2 Å². The first-order valence-electron chi connectivity index (χ1n) is 9.20. The third kappa shape index (κ3) is 5.25. The van der Waals surface area contributed by atoms with Gasteiger partial charge in [-0.2, -0.15) is 0 Å². The molecule has 1 atom stereocenters. The fraction of sp³-hybridized carbons (Fsp3) is 0.364. The number of carbonyl (C=O) groups is 2. The standard InChI is InChI=1S/C22H28N2O4/c1-15-8-6-11-20(16(15)2)28-14-21(25)24(17(3)22(26)23-4)13-18-9-7-10-19(12-18)27-5/h6-12,17H,13-14H2,1-5H3,(H,23,26)/t17-/m0/s1. The van der Waals surface area contributed by atoms with E-state index in [4.69, 9.17) is 9.47 Å². The highest BCUT2D eigenvalue weighted by atomic mass is 16.5. The van der Waals surface area contributed by atoms with Crippen molar-refractivity contribution >= 4 is 11.8 Å². The van der Waals surface area contributed by atoms with Crippen molar-refractivity contribution in [2.45, 2.75) is 33.4 Å². The van der Waals surface area contributed by atoms with Crippen molar-refractivity contribution in [3.63, 3.8) is 0 Å². The summed E-state index contributed by atoms with van der Waals surface area (Å²) in [5.41, 5.74) is 2.96. The van der Waals surface area contributed by atoms with Gasteiger partial charge >= 0.3 is 0 Å². The van der Waals surface area contributed by atoms with E-state index in [-0.39, 0.29) is 25.0 Å². The van der Waals surface area contributed by atoms with E-state index in [0.717, 1.165) is 16.7 Å². The number of carbonyl (C=O) groups excluding carboxylic acids is 2. The lowest BCUT2D eigenvalue weighted by molar-refractivity contribution is -0.142. The lowest BCUT2D eigenvalue weighted by Crippen LogP contribution is -2.48. The smallest absolute Gasteiger partial charge is 0.261 e. The zero-order valence-electron chi connectivity index (χ0n) is 17.1. The highest BCUT2D eigenvalue weighted by Gasteiger charge is 2.26. The maximum atomic E-state index is 12.9. The number of nitrogens with one attached hydrogen (secondary N) is 1. The van der Waals surface area contributed by atoms with Gasteiger partial charge in [0.2, 0.25) is 5.91 Å². The number of ether oxygens (including phenoxy) is 2. The van der Waals surface area contributed by atoms with E-state index in [2.05, 4.69) is 5.32 Å². The van der Waals surface area contributed by atoms with Crippen LogP contribution in [-0.4, -0.2) is 43.5 Å². The molecule has 0 heterocycles. The molecule has 0 aromatic heterocycles. The highest BCUT2D eigenvalue weighted by Crippen LogP contribution is 2.21. The van der Waals surface area contributed by atoms with E-state index >= 15 is 0 Å². The number of methoxy groups -OCH3 is 1. The Morgan fingerprint density at radius 3 is 2.54 bits per heavy atom. The predicted octanol–water partition coefficient (Wildman–Crippen LogP) is 2.85. The Labute approximate surface area is 166 Å². The second kappa shape index (κ2) is 9.78. The van der Waals surface area contributed by atoms with Gasteiger partial charge in [0, 0.05) is 13.6 Å². The second-order valence-electron chi connectivity index (χ2n) is 6.65. The summed E-state index contributed by atoms with van der Waals surface area (Å²) in [7, 11) is 3.15. The molecule has 2 rings (SSSR count). The number of nitrogens with zero attached hydrogens (tertiary/aromatic N) is 1.